The molecule has 1 aliphatic heterocycles. The molecule has 0 bridgehead atoms. The predicted molar refractivity (Wildman–Crippen MR) is 108 cm³/mol. The summed E-state index contributed by atoms with van der Waals surface area (Å²) in [5.41, 5.74) is 0.198. The lowest BCUT2D eigenvalue weighted by Gasteiger charge is -2.27. The van der Waals surface area contributed by atoms with Crippen LogP contribution in [-0.4, -0.2) is 47.0 Å². The molecule has 1 aliphatic rings. The van der Waals surface area contributed by atoms with Crippen molar-refractivity contribution in [1.82, 2.24) is 10.2 Å². The van der Waals surface area contributed by atoms with Gasteiger partial charge in [0.15, 0.2) is 0 Å². The molecule has 28 heavy (non-hydrogen) atoms. The molecule has 7 nitrogen and oxygen atoms in total. The minimum atomic E-state index is -1.17. The standard InChI is InChI=1S/C21H31N3O4/c1-14-13-15(9-10-16(14)17(25)24-11-7-8-12-24)22-18(26)21(5,6)23-19(27)28-20(2,3)4/h9-10,13H,7-8,11-12H2,1-6H3,(H,22,26)(H,23,27). The van der Waals surface area contributed by atoms with Crippen LogP contribution in [0.5, 0.6) is 0 Å². The highest BCUT2D eigenvalue weighted by Crippen LogP contribution is 2.20. The molecule has 2 rings (SSSR count). The topological polar surface area (TPSA) is 87.7 Å². The number of aryl methyl sites for hydroxylation is 1. The van der Waals surface area contributed by atoms with E-state index < -0.39 is 17.2 Å². The first-order valence-electron chi connectivity index (χ1n) is 9.61. The molecule has 0 unspecified atom stereocenters. The van der Waals surface area contributed by atoms with Gasteiger partial charge in [-0.15, -0.1) is 0 Å². The average Bonchev–Trinajstić information content (AvgIpc) is 3.06. The normalized spacial score (nSPS) is 14.6. The number of rotatable bonds is 4. The number of alkyl carbamates (subject to hydrolysis) is 1. The van der Waals surface area contributed by atoms with Crippen molar-refractivity contribution >= 4 is 23.6 Å². The van der Waals surface area contributed by atoms with E-state index in [4.69, 9.17) is 4.74 Å². The van der Waals surface area contributed by atoms with Crippen molar-refractivity contribution in [3.05, 3.63) is 29.3 Å². The zero-order valence-electron chi connectivity index (χ0n) is 17.6. The number of anilines is 1. The third-order valence-corrected chi connectivity index (χ3v) is 4.49. The van der Waals surface area contributed by atoms with Crippen LogP contribution in [-0.2, 0) is 9.53 Å². The molecule has 3 amide bonds. The molecule has 0 atom stereocenters. The van der Waals surface area contributed by atoms with E-state index in [-0.39, 0.29) is 11.8 Å². The van der Waals surface area contributed by atoms with E-state index in [9.17, 15) is 14.4 Å². The number of carbonyl (C=O) groups excluding carboxylic acids is 3. The second kappa shape index (κ2) is 8.20. The Morgan fingerprint density at radius 1 is 1.04 bits per heavy atom. The molecule has 2 N–H and O–H groups in total. The predicted octanol–water partition coefficient (Wildman–Crippen LogP) is 3.47. The van der Waals surface area contributed by atoms with E-state index in [1.165, 1.54) is 0 Å². The maximum absolute atomic E-state index is 12.6. The molecular weight excluding hydrogens is 358 g/mol. The number of nitrogens with one attached hydrogen (secondary N) is 2. The first-order chi connectivity index (χ1) is 12.9. The van der Waals surface area contributed by atoms with Crippen molar-refractivity contribution in [2.24, 2.45) is 0 Å². The summed E-state index contributed by atoms with van der Waals surface area (Å²) in [7, 11) is 0. The monoisotopic (exact) mass is 389 g/mol. The van der Waals surface area contributed by atoms with Gasteiger partial charge in [-0.1, -0.05) is 0 Å². The van der Waals surface area contributed by atoms with Crippen LogP contribution in [0.15, 0.2) is 18.2 Å². The van der Waals surface area contributed by atoms with E-state index in [1.807, 2.05) is 11.8 Å². The Bertz CT molecular complexity index is 759. The van der Waals surface area contributed by atoms with Crippen LogP contribution in [0.2, 0.25) is 0 Å². The quantitative estimate of drug-likeness (QED) is 0.825. The van der Waals surface area contributed by atoms with Crippen LogP contribution in [0.3, 0.4) is 0 Å². The molecule has 0 saturated carbocycles. The zero-order chi connectivity index (χ0) is 21.1. The van der Waals surface area contributed by atoms with Crippen LogP contribution in [0.1, 0.15) is 63.4 Å². The molecule has 154 valence electrons. The summed E-state index contributed by atoms with van der Waals surface area (Å²) >= 11 is 0. The summed E-state index contributed by atoms with van der Waals surface area (Å²) in [4.78, 5) is 39.0. The molecular formula is C21H31N3O4. The van der Waals surface area contributed by atoms with Gasteiger partial charge >= 0.3 is 6.09 Å². The minimum absolute atomic E-state index is 0.0276. The van der Waals surface area contributed by atoms with E-state index in [0.717, 1.165) is 31.5 Å². The lowest BCUT2D eigenvalue weighted by Crippen LogP contribution is -2.53. The highest BCUT2D eigenvalue weighted by molar-refractivity contribution is 6.00. The Morgan fingerprint density at radius 3 is 2.18 bits per heavy atom. The molecule has 7 heteroatoms. The first kappa shape index (κ1) is 21.7. The number of nitrogens with zero attached hydrogens (tertiary/aromatic N) is 1. The van der Waals surface area contributed by atoms with Crippen molar-refractivity contribution in [2.45, 2.75) is 65.5 Å². The molecule has 1 aromatic carbocycles. The summed E-state index contributed by atoms with van der Waals surface area (Å²) in [6.07, 6.45) is 1.42. The maximum atomic E-state index is 12.6. The second-order valence-electron chi connectivity index (χ2n) is 8.74. The average molecular weight is 389 g/mol. The van der Waals surface area contributed by atoms with Crippen molar-refractivity contribution < 1.29 is 19.1 Å². The first-order valence-corrected chi connectivity index (χ1v) is 9.61. The fraction of sp³-hybridized carbons (Fsp3) is 0.571. The Balaban J connectivity index is 2.03. The molecule has 0 aliphatic carbocycles. The molecule has 1 fully saturated rings. The Kier molecular flexibility index (Phi) is 6.37. The van der Waals surface area contributed by atoms with Crippen LogP contribution >= 0.6 is 0 Å². The Labute approximate surface area is 166 Å². The van der Waals surface area contributed by atoms with Crippen molar-refractivity contribution in [1.29, 1.82) is 0 Å². The van der Waals surface area contributed by atoms with Gasteiger partial charge in [0.2, 0.25) is 5.91 Å². The summed E-state index contributed by atoms with van der Waals surface area (Å²) in [6, 6.07) is 5.21. The molecule has 1 aromatic rings. The summed E-state index contributed by atoms with van der Waals surface area (Å²) < 4.78 is 5.21. The fourth-order valence-corrected chi connectivity index (χ4v) is 2.97. The number of hydrogen-bond donors (Lipinski definition) is 2. The Morgan fingerprint density at radius 2 is 1.64 bits per heavy atom. The lowest BCUT2D eigenvalue weighted by molar-refractivity contribution is -0.121. The van der Waals surface area contributed by atoms with Crippen LogP contribution in [0, 0.1) is 6.92 Å². The van der Waals surface area contributed by atoms with E-state index in [1.54, 1.807) is 52.8 Å². The Hall–Kier alpha value is -2.57. The molecule has 0 radical (unpaired) electrons. The third kappa shape index (κ3) is 5.71. The summed E-state index contributed by atoms with van der Waals surface area (Å²) in [5.74, 6) is -0.351. The largest absolute Gasteiger partial charge is 0.444 e. The van der Waals surface area contributed by atoms with Gasteiger partial charge in [0.05, 0.1) is 0 Å². The van der Waals surface area contributed by atoms with Crippen molar-refractivity contribution in [2.75, 3.05) is 18.4 Å². The number of hydrogen-bond acceptors (Lipinski definition) is 4. The molecule has 1 saturated heterocycles. The second-order valence-corrected chi connectivity index (χ2v) is 8.74. The molecule has 0 aromatic heterocycles. The van der Waals surface area contributed by atoms with Gasteiger partial charge in [0.1, 0.15) is 11.1 Å². The third-order valence-electron chi connectivity index (χ3n) is 4.49. The maximum Gasteiger partial charge on any atom is 0.408 e. The van der Waals surface area contributed by atoms with Crippen LogP contribution in [0.4, 0.5) is 10.5 Å². The van der Waals surface area contributed by atoms with Gasteiger partial charge in [-0.05, 0) is 78.1 Å². The highest BCUT2D eigenvalue weighted by Gasteiger charge is 2.32. The van der Waals surface area contributed by atoms with E-state index in [0.29, 0.717) is 11.3 Å². The van der Waals surface area contributed by atoms with Gasteiger partial charge in [0, 0.05) is 24.3 Å². The van der Waals surface area contributed by atoms with E-state index in [2.05, 4.69) is 10.6 Å². The fourth-order valence-electron chi connectivity index (χ4n) is 2.97. The number of carbonyl (C=O) groups is 3. The zero-order valence-corrected chi connectivity index (χ0v) is 17.6. The number of ether oxygens (including phenoxy) is 1. The summed E-state index contributed by atoms with van der Waals surface area (Å²) in [5, 5.41) is 5.37. The van der Waals surface area contributed by atoms with Gasteiger partial charge in [0.25, 0.3) is 5.91 Å². The van der Waals surface area contributed by atoms with Gasteiger partial charge in [-0.2, -0.15) is 0 Å². The molecule has 1 heterocycles. The molecule has 0 spiro atoms. The highest BCUT2D eigenvalue weighted by atomic mass is 16.6. The van der Waals surface area contributed by atoms with Gasteiger partial charge in [-0.25, -0.2) is 4.79 Å². The van der Waals surface area contributed by atoms with Crippen LogP contribution < -0.4 is 10.6 Å². The number of benzene rings is 1. The number of amides is 3. The van der Waals surface area contributed by atoms with Gasteiger partial charge in [-0.3, -0.25) is 9.59 Å². The number of likely N-dealkylation sites (tertiary alicyclic amines) is 1. The SMILES string of the molecule is Cc1cc(NC(=O)C(C)(C)NC(=O)OC(C)(C)C)ccc1C(=O)N1CCCC1. The van der Waals surface area contributed by atoms with Crippen LogP contribution in [0.25, 0.3) is 0 Å². The van der Waals surface area contributed by atoms with E-state index >= 15 is 0 Å². The smallest absolute Gasteiger partial charge is 0.408 e. The van der Waals surface area contributed by atoms with Gasteiger partial charge < -0.3 is 20.3 Å². The van der Waals surface area contributed by atoms with Crippen molar-refractivity contribution in [3.63, 3.8) is 0 Å². The summed E-state index contributed by atoms with van der Waals surface area (Å²) in [6.45, 7) is 11.9. The minimum Gasteiger partial charge on any atom is -0.444 e. The lowest BCUT2D eigenvalue weighted by atomic mass is 10.0. The van der Waals surface area contributed by atoms with Crippen molar-refractivity contribution in [3.8, 4) is 0 Å².